The first-order valence-electron chi connectivity index (χ1n) is 5.32. The summed E-state index contributed by atoms with van der Waals surface area (Å²) in [6, 6.07) is 3.33. The van der Waals surface area contributed by atoms with Crippen molar-refractivity contribution >= 4 is 5.91 Å². The van der Waals surface area contributed by atoms with Crippen LogP contribution in [0, 0.1) is 6.92 Å². The standard InChI is InChI=1S/C11H15N3O2/c1-7-2-3-9(10(15)13-7)11(16)14-5-4-8(12)6-14/h2-3,8H,4-6,12H2,1H3,(H,13,15)/t8-/m1/s1. The minimum atomic E-state index is -0.328. The van der Waals surface area contributed by atoms with Crippen LogP contribution in [0.2, 0.25) is 0 Å². The number of pyridine rings is 1. The lowest BCUT2D eigenvalue weighted by Crippen LogP contribution is -2.35. The van der Waals surface area contributed by atoms with Gasteiger partial charge in [0.15, 0.2) is 0 Å². The van der Waals surface area contributed by atoms with Gasteiger partial charge in [-0.3, -0.25) is 9.59 Å². The van der Waals surface area contributed by atoms with Crippen molar-refractivity contribution in [2.45, 2.75) is 19.4 Å². The number of hydrogen-bond donors (Lipinski definition) is 2. The van der Waals surface area contributed by atoms with Gasteiger partial charge in [-0.25, -0.2) is 0 Å². The van der Waals surface area contributed by atoms with Gasteiger partial charge in [0, 0.05) is 24.8 Å². The van der Waals surface area contributed by atoms with Crippen LogP contribution in [0.5, 0.6) is 0 Å². The number of H-pyrrole nitrogens is 1. The number of carbonyl (C=O) groups excluding carboxylic acids is 1. The number of nitrogens with two attached hydrogens (primary N) is 1. The lowest BCUT2D eigenvalue weighted by atomic mass is 10.2. The molecular formula is C11H15N3O2. The van der Waals surface area contributed by atoms with Crippen LogP contribution >= 0.6 is 0 Å². The highest BCUT2D eigenvalue weighted by Gasteiger charge is 2.25. The van der Waals surface area contributed by atoms with Crippen molar-refractivity contribution in [1.82, 2.24) is 9.88 Å². The molecule has 5 heteroatoms. The molecule has 86 valence electrons. The van der Waals surface area contributed by atoms with Gasteiger partial charge < -0.3 is 15.6 Å². The number of aromatic amines is 1. The van der Waals surface area contributed by atoms with E-state index in [1.54, 1.807) is 24.0 Å². The Morgan fingerprint density at radius 3 is 2.88 bits per heavy atom. The Hall–Kier alpha value is -1.62. The van der Waals surface area contributed by atoms with Gasteiger partial charge in [0.2, 0.25) is 0 Å². The van der Waals surface area contributed by atoms with E-state index in [1.807, 2.05) is 0 Å². The molecule has 0 aliphatic carbocycles. The first kappa shape index (κ1) is 10.9. The summed E-state index contributed by atoms with van der Waals surface area (Å²) in [6.07, 6.45) is 0.801. The molecule has 3 N–H and O–H groups in total. The molecule has 5 nitrogen and oxygen atoms in total. The smallest absolute Gasteiger partial charge is 0.260 e. The highest BCUT2D eigenvalue weighted by Crippen LogP contribution is 2.10. The van der Waals surface area contributed by atoms with Crippen molar-refractivity contribution in [2.75, 3.05) is 13.1 Å². The summed E-state index contributed by atoms with van der Waals surface area (Å²) in [5, 5.41) is 0. The summed E-state index contributed by atoms with van der Waals surface area (Å²) in [5.41, 5.74) is 6.34. The quantitative estimate of drug-likeness (QED) is 0.692. The molecular weight excluding hydrogens is 206 g/mol. The van der Waals surface area contributed by atoms with Crippen molar-refractivity contribution in [3.63, 3.8) is 0 Å². The van der Waals surface area contributed by atoms with Crippen LogP contribution in [0.15, 0.2) is 16.9 Å². The van der Waals surface area contributed by atoms with Crippen LogP contribution in [0.4, 0.5) is 0 Å². The number of carbonyl (C=O) groups is 1. The summed E-state index contributed by atoms with van der Waals surface area (Å²) >= 11 is 0. The zero-order valence-electron chi connectivity index (χ0n) is 9.19. The first-order valence-corrected chi connectivity index (χ1v) is 5.32. The molecule has 0 unspecified atom stereocenters. The molecule has 1 aliphatic heterocycles. The maximum atomic E-state index is 12.0. The Morgan fingerprint density at radius 1 is 1.56 bits per heavy atom. The maximum Gasteiger partial charge on any atom is 0.260 e. The Kier molecular flexibility index (Phi) is 2.78. The molecule has 1 aromatic rings. The average molecular weight is 221 g/mol. The van der Waals surface area contributed by atoms with Crippen molar-refractivity contribution in [1.29, 1.82) is 0 Å². The van der Waals surface area contributed by atoms with Gasteiger partial charge in [-0.1, -0.05) is 0 Å². The summed E-state index contributed by atoms with van der Waals surface area (Å²) in [5.74, 6) is -0.228. The second-order valence-electron chi connectivity index (χ2n) is 4.18. The number of likely N-dealkylation sites (tertiary alicyclic amines) is 1. The second-order valence-corrected chi connectivity index (χ2v) is 4.18. The van der Waals surface area contributed by atoms with E-state index in [2.05, 4.69) is 4.98 Å². The maximum absolute atomic E-state index is 12.0. The van der Waals surface area contributed by atoms with Gasteiger partial charge in [0.25, 0.3) is 11.5 Å². The highest BCUT2D eigenvalue weighted by atomic mass is 16.2. The number of amides is 1. The number of nitrogens with one attached hydrogen (secondary N) is 1. The Morgan fingerprint density at radius 2 is 2.31 bits per heavy atom. The molecule has 1 aliphatic rings. The summed E-state index contributed by atoms with van der Waals surface area (Å²) < 4.78 is 0. The molecule has 1 amide bonds. The molecule has 0 bridgehead atoms. The van der Waals surface area contributed by atoms with Crippen LogP contribution in [0.3, 0.4) is 0 Å². The summed E-state index contributed by atoms with van der Waals surface area (Å²) in [7, 11) is 0. The van der Waals surface area contributed by atoms with E-state index in [-0.39, 0.29) is 23.1 Å². The van der Waals surface area contributed by atoms with E-state index >= 15 is 0 Å². The predicted octanol–water partition coefficient (Wildman–Crippen LogP) is -0.143. The molecule has 0 aromatic carbocycles. The number of nitrogens with zero attached hydrogens (tertiary/aromatic N) is 1. The van der Waals surface area contributed by atoms with Gasteiger partial charge in [-0.05, 0) is 25.5 Å². The second kappa shape index (κ2) is 4.09. The molecule has 2 rings (SSSR count). The number of aromatic nitrogens is 1. The monoisotopic (exact) mass is 221 g/mol. The number of rotatable bonds is 1. The van der Waals surface area contributed by atoms with Crippen LogP contribution < -0.4 is 11.3 Å². The molecule has 1 atom stereocenters. The normalized spacial score (nSPS) is 20.1. The predicted molar refractivity (Wildman–Crippen MR) is 60.3 cm³/mol. The minimum Gasteiger partial charge on any atom is -0.337 e. The van der Waals surface area contributed by atoms with E-state index in [9.17, 15) is 9.59 Å². The molecule has 1 fully saturated rings. The number of hydrogen-bond acceptors (Lipinski definition) is 3. The topological polar surface area (TPSA) is 79.2 Å². The van der Waals surface area contributed by atoms with Gasteiger partial charge in [0.1, 0.15) is 5.56 Å². The highest BCUT2D eigenvalue weighted by molar-refractivity contribution is 5.94. The molecule has 0 saturated carbocycles. The van der Waals surface area contributed by atoms with Gasteiger partial charge >= 0.3 is 0 Å². The van der Waals surface area contributed by atoms with Crippen molar-refractivity contribution in [3.05, 3.63) is 33.7 Å². The number of aryl methyl sites for hydroxylation is 1. The first-order chi connectivity index (χ1) is 7.58. The largest absolute Gasteiger partial charge is 0.337 e. The van der Waals surface area contributed by atoms with E-state index in [4.69, 9.17) is 5.73 Å². The van der Waals surface area contributed by atoms with Gasteiger partial charge in [0.05, 0.1) is 0 Å². The van der Waals surface area contributed by atoms with Crippen molar-refractivity contribution in [2.24, 2.45) is 5.73 Å². The van der Waals surface area contributed by atoms with Crippen LogP contribution in [-0.4, -0.2) is 34.9 Å². The Balaban J connectivity index is 2.24. The zero-order valence-corrected chi connectivity index (χ0v) is 9.19. The fraction of sp³-hybridized carbons (Fsp3) is 0.455. The third-order valence-electron chi connectivity index (χ3n) is 2.80. The van der Waals surface area contributed by atoms with E-state index in [0.717, 1.165) is 12.1 Å². The summed E-state index contributed by atoms with van der Waals surface area (Å²) in [4.78, 5) is 27.8. The van der Waals surface area contributed by atoms with Gasteiger partial charge in [-0.15, -0.1) is 0 Å². The Bertz CT molecular complexity index is 467. The third-order valence-corrected chi connectivity index (χ3v) is 2.80. The molecule has 16 heavy (non-hydrogen) atoms. The lowest BCUT2D eigenvalue weighted by Gasteiger charge is -2.15. The molecule has 2 heterocycles. The van der Waals surface area contributed by atoms with Crippen LogP contribution in [0.25, 0.3) is 0 Å². The van der Waals surface area contributed by atoms with E-state index in [1.165, 1.54) is 0 Å². The SMILES string of the molecule is Cc1ccc(C(=O)N2CC[C@@H](N)C2)c(=O)[nH]1. The lowest BCUT2D eigenvalue weighted by molar-refractivity contribution is 0.0789. The fourth-order valence-electron chi connectivity index (χ4n) is 1.88. The van der Waals surface area contributed by atoms with E-state index in [0.29, 0.717) is 13.1 Å². The van der Waals surface area contributed by atoms with Crippen LogP contribution in [-0.2, 0) is 0 Å². The third kappa shape index (κ3) is 1.99. The van der Waals surface area contributed by atoms with Gasteiger partial charge in [-0.2, -0.15) is 0 Å². The minimum absolute atomic E-state index is 0.0356. The van der Waals surface area contributed by atoms with Crippen molar-refractivity contribution < 1.29 is 4.79 Å². The Labute approximate surface area is 93.3 Å². The zero-order chi connectivity index (χ0) is 11.7. The van der Waals surface area contributed by atoms with E-state index < -0.39 is 0 Å². The summed E-state index contributed by atoms with van der Waals surface area (Å²) in [6.45, 7) is 2.95. The van der Waals surface area contributed by atoms with Crippen LogP contribution in [0.1, 0.15) is 22.5 Å². The fourth-order valence-corrected chi connectivity index (χ4v) is 1.88. The average Bonchev–Trinajstić information content (AvgIpc) is 2.64. The molecule has 0 spiro atoms. The molecule has 0 radical (unpaired) electrons. The van der Waals surface area contributed by atoms with Crippen molar-refractivity contribution in [3.8, 4) is 0 Å². The molecule has 1 saturated heterocycles. The molecule has 1 aromatic heterocycles.